The number of piperidine rings is 1. The first-order valence-corrected chi connectivity index (χ1v) is 9.22. The maximum Gasteiger partial charge on any atom is 0.220 e. The molecule has 4 nitrogen and oxygen atoms in total. The quantitative estimate of drug-likeness (QED) is 0.761. The molecule has 3 unspecified atom stereocenters. The molecule has 1 aromatic rings. The van der Waals surface area contributed by atoms with E-state index in [0.29, 0.717) is 18.3 Å². The lowest BCUT2D eigenvalue weighted by Crippen LogP contribution is -2.36. The Morgan fingerprint density at radius 2 is 1.92 bits per heavy atom. The molecular weight excluding hydrogens is 336 g/mol. The van der Waals surface area contributed by atoms with Crippen LogP contribution in [0.4, 0.5) is 0 Å². The Morgan fingerprint density at radius 1 is 1.24 bits per heavy atom. The van der Waals surface area contributed by atoms with Crippen LogP contribution < -0.4 is 15.4 Å². The van der Waals surface area contributed by atoms with Crippen LogP contribution in [0.2, 0.25) is 0 Å². The molecule has 2 N–H and O–H groups in total. The molecule has 1 aliphatic rings. The van der Waals surface area contributed by atoms with Crippen LogP contribution in [0.3, 0.4) is 0 Å². The van der Waals surface area contributed by atoms with Gasteiger partial charge in [0.05, 0.1) is 12.1 Å². The lowest BCUT2D eigenvalue weighted by Gasteiger charge is -2.28. The minimum absolute atomic E-state index is 0. The van der Waals surface area contributed by atoms with E-state index in [-0.39, 0.29) is 30.5 Å². The largest absolute Gasteiger partial charge is 0.491 e. The molecule has 0 saturated carbocycles. The number of ether oxygens (including phenoxy) is 1. The highest BCUT2D eigenvalue weighted by Gasteiger charge is 2.22. The van der Waals surface area contributed by atoms with E-state index in [1.165, 1.54) is 12.8 Å². The maximum atomic E-state index is 12.3. The second kappa shape index (κ2) is 10.7. The van der Waals surface area contributed by atoms with E-state index in [9.17, 15) is 4.79 Å². The molecule has 0 bridgehead atoms. The minimum atomic E-state index is 0. The van der Waals surface area contributed by atoms with Gasteiger partial charge in [0, 0.05) is 6.42 Å². The minimum Gasteiger partial charge on any atom is -0.491 e. The van der Waals surface area contributed by atoms with Crippen LogP contribution in [0.5, 0.6) is 5.75 Å². The molecule has 1 saturated heterocycles. The van der Waals surface area contributed by atoms with Crippen molar-refractivity contribution < 1.29 is 9.53 Å². The van der Waals surface area contributed by atoms with Crippen molar-refractivity contribution in [1.82, 2.24) is 10.6 Å². The fourth-order valence-electron chi connectivity index (χ4n) is 3.31. The second-order valence-electron chi connectivity index (χ2n) is 7.31. The van der Waals surface area contributed by atoms with Crippen molar-refractivity contribution in [2.45, 2.75) is 59.1 Å². The van der Waals surface area contributed by atoms with Crippen LogP contribution in [0.25, 0.3) is 0 Å². The number of amides is 1. The Hall–Kier alpha value is -1.26. The molecule has 0 radical (unpaired) electrons. The molecule has 2 rings (SSSR count). The summed E-state index contributed by atoms with van der Waals surface area (Å²) in [6.07, 6.45) is 3.22. The van der Waals surface area contributed by atoms with Crippen molar-refractivity contribution in [1.29, 1.82) is 0 Å². The number of hydrogen-bond acceptors (Lipinski definition) is 3. The van der Waals surface area contributed by atoms with Crippen molar-refractivity contribution in [2.75, 3.05) is 13.1 Å². The molecule has 142 valence electrons. The number of carbonyl (C=O) groups is 1. The molecular formula is C20H33ClN2O2. The highest BCUT2D eigenvalue weighted by atomic mass is 35.5. The van der Waals surface area contributed by atoms with Crippen LogP contribution in [-0.4, -0.2) is 25.1 Å². The fourth-order valence-corrected chi connectivity index (χ4v) is 3.31. The van der Waals surface area contributed by atoms with Gasteiger partial charge in [0.2, 0.25) is 5.91 Å². The Kier molecular flexibility index (Phi) is 9.30. The molecule has 0 aromatic heterocycles. The third-order valence-electron chi connectivity index (χ3n) is 4.78. The van der Waals surface area contributed by atoms with E-state index < -0.39 is 0 Å². The second-order valence-corrected chi connectivity index (χ2v) is 7.31. The van der Waals surface area contributed by atoms with Crippen molar-refractivity contribution in [2.24, 2.45) is 11.8 Å². The number of rotatable bonds is 7. The van der Waals surface area contributed by atoms with Gasteiger partial charge < -0.3 is 15.4 Å². The van der Waals surface area contributed by atoms with Crippen LogP contribution in [0, 0.1) is 11.8 Å². The summed E-state index contributed by atoms with van der Waals surface area (Å²) in [6.45, 7) is 10.4. The lowest BCUT2D eigenvalue weighted by molar-refractivity contribution is -0.123. The Bertz CT molecular complexity index is 513. The molecule has 5 heteroatoms. The zero-order chi connectivity index (χ0) is 17.5. The average molecular weight is 369 g/mol. The first-order valence-electron chi connectivity index (χ1n) is 9.22. The molecule has 1 fully saturated rings. The van der Waals surface area contributed by atoms with Crippen LogP contribution in [0.15, 0.2) is 24.3 Å². The van der Waals surface area contributed by atoms with Gasteiger partial charge in [0.25, 0.3) is 0 Å². The monoisotopic (exact) mass is 368 g/mol. The van der Waals surface area contributed by atoms with Gasteiger partial charge in [-0.15, -0.1) is 12.4 Å². The van der Waals surface area contributed by atoms with Crippen molar-refractivity contribution in [3.8, 4) is 5.75 Å². The summed E-state index contributed by atoms with van der Waals surface area (Å²) in [5.41, 5.74) is 1.10. The van der Waals surface area contributed by atoms with Gasteiger partial charge in [0.1, 0.15) is 5.75 Å². The molecule has 0 aliphatic carbocycles. The van der Waals surface area contributed by atoms with Crippen LogP contribution >= 0.6 is 12.4 Å². The predicted molar refractivity (Wildman–Crippen MR) is 105 cm³/mol. The summed E-state index contributed by atoms with van der Waals surface area (Å²) in [5, 5.41) is 6.56. The molecule has 3 atom stereocenters. The van der Waals surface area contributed by atoms with E-state index in [1.807, 2.05) is 45.0 Å². The summed E-state index contributed by atoms with van der Waals surface area (Å²) in [5.74, 6) is 2.05. The van der Waals surface area contributed by atoms with Gasteiger partial charge in [-0.3, -0.25) is 4.79 Å². The third-order valence-corrected chi connectivity index (χ3v) is 4.78. The molecule has 25 heavy (non-hydrogen) atoms. The van der Waals surface area contributed by atoms with Gasteiger partial charge >= 0.3 is 0 Å². The summed E-state index contributed by atoms with van der Waals surface area (Å²) >= 11 is 0. The van der Waals surface area contributed by atoms with E-state index in [1.54, 1.807) is 0 Å². The SMILES string of the molecule is CC(C)Oc1ccc(C(C)NC(=O)CC(C)C2CCCNC2)cc1.Cl. The van der Waals surface area contributed by atoms with Crippen LogP contribution in [-0.2, 0) is 4.79 Å². The lowest BCUT2D eigenvalue weighted by atomic mass is 9.85. The van der Waals surface area contributed by atoms with Crippen LogP contribution in [0.1, 0.15) is 58.6 Å². The topological polar surface area (TPSA) is 50.4 Å². The number of hydrogen-bond donors (Lipinski definition) is 2. The van der Waals surface area contributed by atoms with Crippen molar-refractivity contribution >= 4 is 18.3 Å². The molecule has 0 spiro atoms. The third kappa shape index (κ3) is 7.25. The number of nitrogens with one attached hydrogen (secondary N) is 2. The number of benzene rings is 1. The average Bonchev–Trinajstić information content (AvgIpc) is 2.55. The Morgan fingerprint density at radius 3 is 2.48 bits per heavy atom. The van der Waals surface area contributed by atoms with Crippen molar-refractivity contribution in [3.05, 3.63) is 29.8 Å². The standard InChI is InChI=1S/C20H32N2O2.ClH/c1-14(2)24-19-9-7-17(8-10-19)16(4)22-20(23)12-15(3)18-6-5-11-21-13-18;/h7-10,14-16,18,21H,5-6,11-13H2,1-4H3,(H,22,23);1H. The van der Waals surface area contributed by atoms with Gasteiger partial charge in [0.15, 0.2) is 0 Å². The van der Waals surface area contributed by atoms with E-state index in [2.05, 4.69) is 17.6 Å². The van der Waals surface area contributed by atoms with E-state index in [4.69, 9.17) is 4.74 Å². The molecule has 1 amide bonds. The van der Waals surface area contributed by atoms with Gasteiger partial charge in [-0.2, -0.15) is 0 Å². The van der Waals surface area contributed by atoms with E-state index in [0.717, 1.165) is 24.4 Å². The van der Waals surface area contributed by atoms with Gasteiger partial charge in [-0.1, -0.05) is 19.1 Å². The van der Waals surface area contributed by atoms with Gasteiger partial charge in [-0.05, 0) is 76.2 Å². The smallest absolute Gasteiger partial charge is 0.220 e. The summed E-state index contributed by atoms with van der Waals surface area (Å²) in [7, 11) is 0. The number of carbonyl (C=O) groups excluding carboxylic acids is 1. The zero-order valence-electron chi connectivity index (χ0n) is 15.9. The first-order chi connectivity index (χ1) is 11.5. The molecule has 1 heterocycles. The fraction of sp³-hybridized carbons (Fsp3) is 0.650. The summed E-state index contributed by atoms with van der Waals surface area (Å²) in [6, 6.07) is 8.00. The van der Waals surface area contributed by atoms with Crippen molar-refractivity contribution in [3.63, 3.8) is 0 Å². The maximum absolute atomic E-state index is 12.3. The molecule has 1 aliphatic heterocycles. The summed E-state index contributed by atoms with van der Waals surface area (Å²) in [4.78, 5) is 12.3. The first kappa shape index (κ1) is 21.8. The Labute approximate surface area is 158 Å². The predicted octanol–water partition coefficient (Wildman–Crippen LogP) is 4.10. The molecule has 1 aromatic carbocycles. The van der Waals surface area contributed by atoms with E-state index >= 15 is 0 Å². The highest BCUT2D eigenvalue weighted by Crippen LogP contribution is 2.23. The highest BCUT2D eigenvalue weighted by molar-refractivity contribution is 5.85. The Balaban J connectivity index is 0.00000312. The normalized spacial score (nSPS) is 19.6. The van der Waals surface area contributed by atoms with Gasteiger partial charge in [-0.25, -0.2) is 0 Å². The zero-order valence-corrected chi connectivity index (χ0v) is 16.7. The summed E-state index contributed by atoms with van der Waals surface area (Å²) < 4.78 is 5.66. The number of halogens is 1.